The molecule has 4 rings (SSSR count). The Hall–Kier alpha value is -3.01. The van der Waals surface area contributed by atoms with Crippen LogP contribution in [0.1, 0.15) is 34.0 Å². The number of thiazole rings is 1. The molecule has 0 saturated carbocycles. The van der Waals surface area contributed by atoms with Crippen molar-refractivity contribution >= 4 is 39.1 Å². The Morgan fingerprint density at radius 1 is 1.26 bits per heavy atom. The molecule has 0 unspecified atom stereocenters. The van der Waals surface area contributed by atoms with Gasteiger partial charge in [0.05, 0.1) is 21.9 Å². The van der Waals surface area contributed by atoms with Crippen molar-refractivity contribution in [1.29, 1.82) is 0 Å². The summed E-state index contributed by atoms with van der Waals surface area (Å²) in [4.78, 5) is 32.1. The van der Waals surface area contributed by atoms with E-state index in [1.54, 1.807) is 37.3 Å². The number of ether oxygens (including phenoxy) is 2. The Balaban J connectivity index is 1.58. The van der Waals surface area contributed by atoms with Crippen LogP contribution in [-0.4, -0.2) is 67.7 Å². The summed E-state index contributed by atoms with van der Waals surface area (Å²) in [6.07, 6.45) is -0.0928. The number of nitrogens with one attached hydrogen (secondary N) is 2. The van der Waals surface area contributed by atoms with Crippen LogP contribution in [0.4, 0.5) is 5.69 Å². The molecule has 2 aromatic carbocycles. The molecule has 2 N–H and O–H groups in total. The first-order valence-corrected chi connectivity index (χ1v) is 12.1. The first-order valence-electron chi connectivity index (χ1n) is 11.3. The predicted molar refractivity (Wildman–Crippen MR) is 134 cm³/mol. The number of hydrogen-bond acceptors (Lipinski definition) is 7. The van der Waals surface area contributed by atoms with Crippen LogP contribution in [0.5, 0.6) is 5.75 Å². The Morgan fingerprint density at radius 3 is 2.82 bits per heavy atom. The van der Waals surface area contributed by atoms with Gasteiger partial charge < -0.3 is 25.0 Å². The van der Waals surface area contributed by atoms with E-state index in [-0.39, 0.29) is 29.9 Å². The van der Waals surface area contributed by atoms with Gasteiger partial charge in [-0.1, -0.05) is 19.1 Å². The standard InChI is InChI=1S/C25H30N4O4S/c1-15-12-26-16(2)14-33-20-11-17(9-10-18(20)25(31)29(3)13-21(15)32-4)27-23(30)24-28-19-7-5-6-8-22(19)34-24/h5-11,15-16,21,26H,12-14H2,1-4H3,(H,27,30)/t15-,16-,21-/m0/s1. The minimum Gasteiger partial charge on any atom is -0.491 e. The summed E-state index contributed by atoms with van der Waals surface area (Å²) in [6.45, 7) is 5.72. The molecule has 1 aliphatic heterocycles. The number of fused-ring (bicyclic) bond motifs is 2. The summed E-state index contributed by atoms with van der Waals surface area (Å²) in [5.74, 6) is 0.191. The molecular weight excluding hydrogens is 452 g/mol. The highest BCUT2D eigenvalue weighted by Gasteiger charge is 2.25. The first-order chi connectivity index (χ1) is 16.4. The van der Waals surface area contributed by atoms with Gasteiger partial charge >= 0.3 is 0 Å². The van der Waals surface area contributed by atoms with Crippen molar-refractivity contribution in [2.45, 2.75) is 26.0 Å². The zero-order valence-electron chi connectivity index (χ0n) is 19.8. The molecule has 3 aromatic rings. The molecule has 0 fully saturated rings. The van der Waals surface area contributed by atoms with E-state index in [4.69, 9.17) is 9.47 Å². The lowest BCUT2D eigenvalue weighted by Crippen LogP contribution is -2.44. The summed E-state index contributed by atoms with van der Waals surface area (Å²) in [5, 5.41) is 6.73. The van der Waals surface area contributed by atoms with Gasteiger partial charge in [-0.2, -0.15) is 0 Å². The molecule has 2 amide bonds. The zero-order chi connectivity index (χ0) is 24.2. The number of carbonyl (C=O) groups excluding carboxylic acids is 2. The second-order valence-electron chi connectivity index (χ2n) is 8.71. The molecule has 2 heterocycles. The van der Waals surface area contributed by atoms with E-state index in [1.807, 2.05) is 31.2 Å². The van der Waals surface area contributed by atoms with Crippen LogP contribution in [0.15, 0.2) is 42.5 Å². The molecular formula is C25H30N4O4S. The SMILES string of the molecule is CO[C@H]1CN(C)C(=O)c2ccc(NC(=O)c3nc4ccccc4s3)cc2OC[C@H](C)NC[C@@H]1C. The number of para-hydroxylation sites is 1. The van der Waals surface area contributed by atoms with Crippen LogP contribution in [0.2, 0.25) is 0 Å². The maximum Gasteiger partial charge on any atom is 0.284 e. The number of anilines is 1. The quantitative estimate of drug-likeness (QED) is 0.592. The van der Waals surface area contributed by atoms with E-state index in [0.29, 0.717) is 35.2 Å². The van der Waals surface area contributed by atoms with Crippen molar-refractivity contribution in [3.8, 4) is 5.75 Å². The number of likely N-dealkylation sites (N-methyl/N-ethyl adjacent to an activating group) is 1. The highest BCUT2D eigenvalue weighted by atomic mass is 32.1. The molecule has 0 aliphatic carbocycles. The minimum absolute atomic E-state index is 0.0704. The van der Waals surface area contributed by atoms with E-state index in [9.17, 15) is 9.59 Å². The van der Waals surface area contributed by atoms with Crippen molar-refractivity contribution in [3.63, 3.8) is 0 Å². The Kier molecular flexibility index (Phi) is 7.45. The Bertz CT molecular complexity index is 1150. The largest absolute Gasteiger partial charge is 0.491 e. The van der Waals surface area contributed by atoms with Gasteiger partial charge in [-0.15, -0.1) is 11.3 Å². The van der Waals surface area contributed by atoms with E-state index in [0.717, 1.165) is 16.8 Å². The number of benzene rings is 2. The van der Waals surface area contributed by atoms with Crippen molar-refractivity contribution in [2.24, 2.45) is 5.92 Å². The summed E-state index contributed by atoms with van der Waals surface area (Å²) >= 11 is 1.34. The number of methoxy groups -OCH3 is 1. The molecule has 34 heavy (non-hydrogen) atoms. The molecule has 9 heteroatoms. The van der Waals surface area contributed by atoms with Crippen LogP contribution in [-0.2, 0) is 4.74 Å². The van der Waals surface area contributed by atoms with Crippen LogP contribution in [0.25, 0.3) is 10.2 Å². The van der Waals surface area contributed by atoms with Gasteiger partial charge in [0.25, 0.3) is 11.8 Å². The van der Waals surface area contributed by atoms with Crippen molar-refractivity contribution in [1.82, 2.24) is 15.2 Å². The summed E-state index contributed by atoms with van der Waals surface area (Å²) in [5.41, 5.74) is 1.77. The lowest BCUT2D eigenvalue weighted by atomic mass is 10.0. The lowest BCUT2D eigenvalue weighted by Gasteiger charge is -2.30. The molecule has 1 aromatic heterocycles. The fourth-order valence-electron chi connectivity index (χ4n) is 3.89. The number of carbonyl (C=O) groups is 2. The van der Waals surface area contributed by atoms with Crippen LogP contribution in [0.3, 0.4) is 0 Å². The van der Waals surface area contributed by atoms with E-state index >= 15 is 0 Å². The van der Waals surface area contributed by atoms with Gasteiger partial charge in [-0.05, 0) is 37.1 Å². The van der Waals surface area contributed by atoms with Gasteiger partial charge in [0.2, 0.25) is 0 Å². The van der Waals surface area contributed by atoms with Gasteiger partial charge in [-0.3, -0.25) is 9.59 Å². The summed E-state index contributed by atoms with van der Waals surface area (Å²) in [7, 11) is 3.43. The van der Waals surface area contributed by atoms with Crippen molar-refractivity contribution in [3.05, 3.63) is 53.0 Å². The maximum atomic E-state index is 13.2. The topological polar surface area (TPSA) is 92.8 Å². The maximum absolute atomic E-state index is 13.2. The average Bonchev–Trinajstić information content (AvgIpc) is 3.28. The molecule has 1 aliphatic rings. The monoisotopic (exact) mass is 482 g/mol. The second-order valence-corrected chi connectivity index (χ2v) is 9.74. The zero-order valence-corrected chi connectivity index (χ0v) is 20.6. The summed E-state index contributed by atoms with van der Waals surface area (Å²) < 4.78 is 12.7. The minimum atomic E-state index is -0.301. The third-order valence-electron chi connectivity index (χ3n) is 5.97. The highest BCUT2D eigenvalue weighted by molar-refractivity contribution is 7.20. The predicted octanol–water partition coefficient (Wildman–Crippen LogP) is 3.64. The number of aromatic nitrogens is 1. The smallest absolute Gasteiger partial charge is 0.284 e. The van der Waals surface area contributed by atoms with Crippen LogP contribution >= 0.6 is 11.3 Å². The summed E-state index contributed by atoms with van der Waals surface area (Å²) in [6, 6.07) is 12.8. The molecule has 0 radical (unpaired) electrons. The number of amides is 2. The van der Waals surface area contributed by atoms with Gasteiger partial charge in [-0.25, -0.2) is 4.98 Å². The van der Waals surface area contributed by atoms with Crippen LogP contribution < -0.4 is 15.4 Å². The van der Waals surface area contributed by atoms with Gasteiger partial charge in [0.15, 0.2) is 5.01 Å². The molecule has 0 bridgehead atoms. The molecule has 8 nitrogen and oxygen atoms in total. The normalized spacial score (nSPS) is 21.8. The molecule has 180 valence electrons. The van der Waals surface area contributed by atoms with Crippen LogP contribution in [0, 0.1) is 5.92 Å². The lowest BCUT2D eigenvalue weighted by molar-refractivity contribution is 0.0281. The highest BCUT2D eigenvalue weighted by Crippen LogP contribution is 2.27. The fraction of sp³-hybridized carbons (Fsp3) is 0.400. The van der Waals surface area contributed by atoms with Gasteiger partial charge in [0, 0.05) is 45.0 Å². The molecule has 0 saturated heterocycles. The second kappa shape index (κ2) is 10.5. The van der Waals surface area contributed by atoms with E-state index < -0.39 is 0 Å². The third kappa shape index (κ3) is 5.38. The van der Waals surface area contributed by atoms with E-state index in [1.165, 1.54) is 11.3 Å². The Morgan fingerprint density at radius 2 is 2.06 bits per heavy atom. The number of rotatable bonds is 3. The Labute approximate surface area is 203 Å². The van der Waals surface area contributed by atoms with E-state index in [2.05, 4.69) is 22.5 Å². The number of nitrogens with zero attached hydrogens (tertiary/aromatic N) is 2. The van der Waals surface area contributed by atoms with Gasteiger partial charge in [0.1, 0.15) is 12.4 Å². The molecule has 0 spiro atoms. The molecule has 3 atom stereocenters. The first kappa shape index (κ1) is 24.1. The average molecular weight is 483 g/mol. The number of hydrogen-bond donors (Lipinski definition) is 2. The van der Waals surface area contributed by atoms with Crippen molar-refractivity contribution < 1.29 is 19.1 Å². The third-order valence-corrected chi connectivity index (χ3v) is 7.01. The van der Waals surface area contributed by atoms with Crippen molar-refractivity contribution in [2.75, 3.05) is 39.2 Å². The fourth-order valence-corrected chi connectivity index (χ4v) is 4.75.